The quantitative estimate of drug-likeness (QED) is 0.552. The molecule has 2 aromatic carbocycles. The van der Waals surface area contributed by atoms with Crippen molar-refractivity contribution in [2.45, 2.75) is 0 Å². The van der Waals surface area contributed by atoms with Crippen LogP contribution in [0, 0.1) is 0 Å². The van der Waals surface area contributed by atoms with Gasteiger partial charge in [0.15, 0.2) is 0 Å². The molecular weight excluding hydrogens is 254 g/mol. The second-order valence-electron chi connectivity index (χ2n) is 4.29. The molecule has 2 aromatic rings. The molecule has 0 aromatic heterocycles. The van der Waals surface area contributed by atoms with E-state index in [9.17, 15) is 4.79 Å². The molecule has 0 unspecified atom stereocenters. The van der Waals surface area contributed by atoms with Gasteiger partial charge in [-0.1, -0.05) is 6.07 Å². The standard InChI is InChI=1S/C15H17N3O2/c16-12-2-1-3-14(10-12)20-9-8-18-13-6-4-11(5-7-13)15(17)19/h1-7,10,18H,8-9,16H2,(H2,17,19). The van der Waals surface area contributed by atoms with E-state index in [-0.39, 0.29) is 0 Å². The van der Waals surface area contributed by atoms with Gasteiger partial charge in [0.25, 0.3) is 0 Å². The summed E-state index contributed by atoms with van der Waals surface area (Å²) in [7, 11) is 0. The van der Waals surface area contributed by atoms with Gasteiger partial charge in [0.05, 0.1) is 0 Å². The molecule has 20 heavy (non-hydrogen) atoms. The van der Waals surface area contributed by atoms with Crippen molar-refractivity contribution in [3.63, 3.8) is 0 Å². The molecule has 1 amide bonds. The monoisotopic (exact) mass is 271 g/mol. The van der Waals surface area contributed by atoms with Gasteiger partial charge in [-0.05, 0) is 36.4 Å². The molecule has 2 rings (SSSR count). The lowest BCUT2D eigenvalue weighted by Gasteiger charge is -2.09. The maximum absolute atomic E-state index is 10.9. The highest BCUT2D eigenvalue weighted by Crippen LogP contribution is 2.14. The molecule has 0 heterocycles. The Hall–Kier alpha value is -2.69. The van der Waals surface area contributed by atoms with Crippen LogP contribution in [0.5, 0.6) is 5.75 Å². The average Bonchev–Trinajstić information content (AvgIpc) is 2.44. The number of nitrogens with two attached hydrogens (primary N) is 2. The van der Waals surface area contributed by atoms with Gasteiger partial charge < -0.3 is 21.5 Å². The molecule has 0 spiro atoms. The Morgan fingerprint density at radius 3 is 2.55 bits per heavy atom. The normalized spacial score (nSPS) is 10.0. The van der Waals surface area contributed by atoms with Crippen molar-refractivity contribution in [2.75, 3.05) is 24.2 Å². The molecule has 0 aliphatic carbocycles. The Morgan fingerprint density at radius 1 is 1.15 bits per heavy atom. The minimum atomic E-state index is -0.429. The van der Waals surface area contributed by atoms with E-state index in [2.05, 4.69) is 5.32 Å². The highest BCUT2D eigenvalue weighted by Gasteiger charge is 1.99. The Kier molecular flexibility index (Phi) is 4.44. The average molecular weight is 271 g/mol. The molecule has 5 heteroatoms. The number of carbonyl (C=O) groups excluding carboxylic acids is 1. The maximum atomic E-state index is 10.9. The molecular formula is C15H17N3O2. The second-order valence-corrected chi connectivity index (χ2v) is 4.29. The number of benzene rings is 2. The first-order chi connectivity index (χ1) is 9.65. The van der Waals surface area contributed by atoms with E-state index < -0.39 is 5.91 Å². The number of amides is 1. The first kappa shape index (κ1) is 13.7. The molecule has 104 valence electrons. The fraction of sp³-hybridized carbons (Fsp3) is 0.133. The van der Waals surface area contributed by atoms with E-state index in [4.69, 9.17) is 16.2 Å². The van der Waals surface area contributed by atoms with Crippen LogP contribution in [0.25, 0.3) is 0 Å². The van der Waals surface area contributed by atoms with Crippen molar-refractivity contribution in [1.29, 1.82) is 0 Å². The number of hydrogen-bond donors (Lipinski definition) is 3. The summed E-state index contributed by atoms with van der Waals surface area (Å²) < 4.78 is 5.55. The summed E-state index contributed by atoms with van der Waals surface area (Å²) in [4.78, 5) is 10.9. The lowest BCUT2D eigenvalue weighted by Crippen LogP contribution is -2.13. The molecule has 0 atom stereocenters. The number of carbonyl (C=O) groups is 1. The first-order valence-electron chi connectivity index (χ1n) is 6.27. The van der Waals surface area contributed by atoms with Gasteiger partial charge in [-0.3, -0.25) is 4.79 Å². The van der Waals surface area contributed by atoms with E-state index in [1.165, 1.54) is 0 Å². The largest absolute Gasteiger partial charge is 0.492 e. The van der Waals surface area contributed by atoms with Crippen LogP contribution in [-0.4, -0.2) is 19.1 Å². The third-order valence-electron chi connectivity index (χ3n) is 2.73. The summed E-state index contributed by atoms with van der Waals surface area (Å²) >= 11 is 0. The number of anilines is 2. The van der Waals surface area contributed by atoms with Crippen LogP contribution >= 0.6 is 0 Å². The summed E-state index contributed by atoms with van der Waals surface area (Å²) in [6.07, 6.45) is 0. The Morgan fingerprint density at radius 2 is 1.90 bits per heavy atom. The Bertz CT molecular complexity index is 582. The zero-order valence-corrected chi connectivity index (χ0v) is 11.0. The minimum absolute atomic E-state index is 0.429. The van der Waals surface area contributed by atoms with Crippen LogP contribution in [0.2, 0.25) is 0 Å². The fourth-order valence-corrected chi connectivity index (χ4v) is 1.72. The fourth-order valence-electron chi connectivity index (χ4n) is 1.72. The SMILES string of the molecule is NC(=O)c1ccc(NCCOc2cccc(N)c2)cc1. The predicted octanol–water partition coefficient (Wildman–Crippen LogP) is 1.86. The predicted molar refractivity (Wildman–Crippen MR) is 79.8 cm³/mol. The zero-order valence-electron chi connectivity index (χ0n) is 11.0. The van der Waals surface area contributed by atoms with Gasteiger partial charge in [0, 0.05) is 29.5 Å². The molecule has 0 saturated carbocycles. The van der Waals surface area contributed by atoms with E-state index in [0.29, 0.717) is 24.4 Å². The first-order valence-corrected chi connectivity index (χ1v) is 6.27. The van der Waals surface area contributed by atoms with E-state index in [0.717, 1.165) is 11.4 Å². The van der Waals surface area contributed by atoms with Gasteiger partial charge in [0.2, 0.25) is 5.91 Å². The number of nitrogen functional groups attached to an aromatic ring is 1. The molecule has 0 bridgehead atoms. The Labute approximate surface area is 117 Å². The van der Waals surface area contributed by atoms with Crippen LogP contribution in [-0.2, 0) is 0 Å². The van der Waals surface area contributed by atoms with Gasteiger partial charge in [-0.25, -0.2) is 0 Å². The highest BCUT2D eigenvalue weighted by molar-refractivity contribution is 5.93. The molecule has 0 aliphatic heterocycles. The molecule has 0 radical (unpaired) electrons. The van der Waals surface area contributed by atoms with E-state index in [1.54, 1.807) is 30.3 Å². The number of ether oxygens (including phenoxy) is 1. The number of primary amides is 1. The van der Waals surface area contributed by atoms with Gasteiger partial charge in [0.1, 0.15) is 12.4 Å². The molecule has 0 saturated heterocycles. The summed E-state index contributed by atoms with van der Waals surface area (Å²) in [5.41, 5.74) is 12.9. The van der Waals surface area contributed by atoms with Crippen LogP contribution < -0.4 is 21.5 Å². The minimum Gasteiger partial charge on any atom is -0.492 e. The van der Waals surface area contributed by atoms with Crippen molar-refractivity contribution < 1.29 is 9.53 Å². The molecule has 5 nitrogen and oxygen atoms in total. The van der Waals surface area contributed by atoms with Gasteiger partial charge >= 0.3 is 0 Å². The third-order valence-corrected chi connectivity index (χ3v) is 2.73. The van der Waals surface area contributed by atoms with E-state index >= 15 is 0 Å². The highest BCUT2D eigenvalue weighted by atomic mass is 16.5. The van der Waals surface area contributed by atoms with Crippen molar-refractivity contribution in [3.8, 4) is 5.75 Å². The van der Waals surface area contributed by atoms with Crippen LogP contribution in [0.1, 0.15) is 10.4 Å². The lowest BCUT2D eigenvalue weighted by molar-refractivity contribution is 0.100. The van der Waals surface area contributed by atoms with Crippen molar-refractivity contribution in [2.24, 2.45) is 5.73 Å². The smallest absolute Gasteiger partial charge is 0.248 e. The number of hydrogen-bond acceptors (Lipinski definition) is 4. The molecule has 5 N–H and O–H groups in total. The summed E-state index contributed by atoms with van der Waals surface area (Å²) in [6.45, 7) is 1.16. The number of rotatable bonds is 6. The lowest BCUT2D eigenvalue weighted by atomic mass is 10.2. The van der Waals surface area contributed by atoms with Gasteiger partial charge in [-0.2, -0.15) is 0 Å². The van der Waals surface area contributed by atoms with Gasteiger partial charge in [-0.15, -0.1) is 0 Å². The Balaban J connectivity index is 1.77. The van der Waals surface area contributed by atoms with E-state index in [1.807, 2.05) is 18.2 Å². The van der Waals surface area contributed by atoms with Crippen LogP contribution in [0.4, 0.5) is 11.4 Å². The van der Waals surface area contributed by atoms with Crippen LogP contribution in [0.3, 0.4) is 0 Å². The third kappa shape index (κ3) is 3.91. The number of nitrogens with one attached hydrogen (secondary N) is 1. The topological polar surface area (TPSA) is 90.4 Å². The van der Waals surface area contributed by atoms with Crippen molar-refractivity contribution in [1.82, 2.24) is 0 Å². The summed E-state index contributed by atoms with van der Waals surface area (Å²) in [5.74, 6) is 0.317. The second kappa shape index (κ2) is 6.47. The summed E-state index contributed by atoms with van der Waals surface area (Å²) in [6, 6.07) is 14.3. The molecule has 0 fully saturated rings. The maximum Gasteiger partial charge on any atom is 0.248 e. The van der Waals surface area contributed by atoms with Crippen molar-refractivity contribution in [3.05, 3.63) is 54.1 Å². The summed E-state index contributed by atoms with van der Waals surface area (Å²) in [5, 5.41) is 3.19. The van der Waals surface area contributed by atoms with Crippen molar-refractivity contribution >= 4 is 17.3 Å². The van der Waals surface area contributed by atoms with Crippen LogP contribution in [0.15, 0.2) is 48.5 Å². The zero-order chi connectivity index (χ0) is 14.4. The molecule has 0 aliphatic rings.